The van der Waals surface area contributed by atoms with Crippen LogP contribution in [-0.2, 0) is 0 Å². The second kappa shape index (κ2) is 6.98. The number of fused-ring (bicyclic) bond motifs is 1. The number of hydrogen-bond donors (Lipinski definition) is 0. The van der Waals surface area contributed by atoms with Crippen LogP contribution in [0.25, 0.3) is 21.9 Å². The number of carbonyl (C=O) groups is 1. The molecule has 5 heteroatoms. The van der Waals surface area contributed by atoms with Gasteiger partial charge in [0.25, 0.3) is 0 Å². The maximum Gasteiger partial charge on any atom is 0.343 e. The molecule has 4 nitrogen and oxygen atoms in total. The number of aromatic nitrogens is 1. The topological polar surface area (TPSA) is 48.4 Å². The van der Waals surface area contributed by atoms with E-state index in [0.717, 1.165) is 21.9 Å². The molecule has 0 bridgehead atoms. The summed E-state index contributed by atoms with van der Waals surface area (Å²) in [4.78, 5) is 16.9. The summed E-state index contributed by atoms with van der Waals surface area (Å²) >= 11 is 1.60. The van der Waals surface area contributed by atoms with Gasteiger partial charge in [-0.05, 0) is 46.7 Å². The highest BCUT2D eigenvalue weighted by Crippen LogP contribution is 2.39. The number of thiophene rings is 1. The Morgan fingerprint density at radius 2 is 1.88 bits per heavy atom. The first-order valence-corrected chi connectivity index (χ1v) is 8.97. The predicted molar refractivity (Wildman–Crippen MR) is 103 cm³/mol. The second-order valence-corrected chi connectivity index (χ2v) is 6.41. The monoisotopic (exact) mass is 361 g/mol. The fraction of sp³-hybridized carbons (Fsp3) is 0.0476. The first kappa shape index (κ1) is 16.3. The summed E-state index contributed by atoms with van der Waals surface area (Å²) in [5.74, 6) is 0.583. The van der Waals surface area contributed by atoms with Crippen LogP contribution in [0.2, 0.25) is 0 Å². The van der Waals surface area contributed by atoms with E-state index >= 15 is 0 Å². The van der Waals surface area contributed by atoms with Crippen LogP contribution in [0, 0.1) is 0 Å². The summed E-state index contributed by atoms with van der Waals surface area (Å²) in [5.41, 5.74) is 2.43. The minimum atomic E-state index is -0.398. The van der Waals surface area contributed by atoms with Gasteiger partial charge in [0.15, 0.2) is 0 Å². The lowest BCUT2D eigenvalue weighted by molar-refractivity contribution is 0.0737. The van der Waals surface area contributed by atoms with Crippen LogP contribution < -0.4 is 9.47 Å². The summed E-state index contributed by atoms with van der Waals surface area (Å²) in [6.45, 7) is 0. The first-order valence-electron chi connectivity index (χ1n) is 8.03. The van der Waals surface area contributed by atoms with Crippen LogP contribution in [0.15, 0.2) is 71.6 Å². The van der Waals surface area contributed by atoms with Gasteiger partial charge in [0, 0.05) is 22.5 Å². The minimum absolute atomic E-state index is 0.398. The van der Waals surface area contributed by atoms with Gasteiger partial charge >= 0.3 is 5.97 Å². The van der Waals surface area contributed by atoms with E-state index in [1.165, 1.54) is 0 Å². The third-order valence-electron chi connectivity index (χ3n) is 4.07. The molecule has 26 heavy (non-hydrogen) atoms. The first-order chi connectivity index (χ1) is 12.8. The van der Waals surface area contributed by atoms with Crippen LogP contribution in [0.4, 0.5) is 0 Å². The Bertz CT molecular complexity index is 1060. The van der Waals surface area contributed by atoms with E-state index in [1.54, 1.807) is 42.8 Å². The predicted octanol–water partition coefficient (Wildman–Crippen LogP) is 5.19. The fourth-order valence-corrected chi connectivity index (χ4v) is 3.52. The minimum Gasteiger partial charge on any atom is -0.481 e. The van der Waals surface area contributed by atoms with Gasteiger partial charge in [0.2, 0.25) is 5.88 Å². The van der Waals surface area contributed by atoms with Gasteiger partial charge in [-0.3, -0.25) is 0 Å². The SMILES string of the molecule is COc1ncc(-c2ccsc2)c2c(OC(=O)c3ccccc3)cccc12. The van der Waals surface area contributed by atoms with Crippen molar-refractivity contribution in [1.82, 2.24) is 4.98 Å². The lowest BCUT2D eigenvalue weighted by atomic mass is 10.0. The zero-order valence-electron chi connectivity index (χ0n) is 14.0. The van der Waals surface area contributed by atoms with Crippen molar-refractivity contribution in [2.24, 2.45) is 0 Å². The van der Waals surface area contributed by atoms with Gasteiger partial charge in [-0.15, -0.1) is 0 Å². The number of methoxy groups -OCH3 is 1. The zero-order valence-corrected chi connectivity index (χ0v) is 14.8. The van der Waals surface area contributed by atoms with Crippen molar-refractivity contribution < 1.29 is 14.3 Å². The number of nitrogens with zero attached hydrogens (tertiary/aromatic N) is 1. The quantitative estimate of drug-likeness (QED) is 0.371. The molecule has 0 spiro atoms. The van der Waals surface area contributed by atoms with Crippen molar-refractivity contribution >= 4 is 28.1 Å². The summed E-state index contributed by atoms with van der Waals surface area (Å²) < 4.78 is 11.1. The molecule has 0 atom stereocenters. The molecule has 0 saturated heterocycles. The number of hydrogen-bond acceptors (Lipinski definition) is 5. The third kappa shape index (κ3) is 2.93. The fourth-order valence-electron chi connectivity index (χ4n) is 2.86. The molecule has 0 unspecified atom stereocenters. The van der Waals surface area contributed by atoms with Crippen LogP contribution in [0.3, 0.4) is 0 Å². The lowest BCUT2D eigenvalue weighted by Crippen LogP contribution is -2.08. The van der Waals surface area contributed by atoms with Crippen molar-refractivity contribution in [3.63, 3.8) is 0 Å². The Morgan fingerprint density at radius 1 is 1.04 bits per heavy atom. The average Bonchev–Trinajstić information content (AvgIpc) is 3.22. The Labute approximate surface area is 154 Å². The molecule has 0 N–H and O–H groups in total. The van der Waals surface area contributed by atoms with Gasteiger partial charge in [-0.1, -0.05) is 24.3 Å². The van der Waals surface area contributed by atoms with Crippen LogP contribution in [0.5, 0.6) is 11.6 Å². The number of benzene rings is 2. The second-order valence-electron chi connectivity index (χ2n) is 5.63. The van der Waals surface area contributed by atoms with Crippen molar-refractivity contribution in [3.8, 4) is 22.8 Å². The highest BCUT2D eigenvalue weighted by Gasteiger charge is 2.17. The number of esters is 1. The number of ether oxygens (including phenoxy) is 2. The van der Waals surface area contributed by atoms with Gasteiger partial charge in [-0.2, -0.15) is 11.3 Å². The van der Waals surface area contributed by atoms with Gasteiger partial charge in [-0.25, -0.2) is 9.78 Å². The zero-order chi connectivity index (χ0) is 17.9. The Balaban J connectivity index is 1.88. The Morgan fingerprint density at radius 3 is 2.62 bits per heavy atom. The number of carbonyl (C=O) groups excluding carboxylic acids is 1. The smallest absolute Gasteiger partial charge is 0.343 e. The molecule has 2 heterocycles. The highest BCUT2D eigenvalue weighted by atomic mass is 32.1. The van der Waals surface area contributed by atoms with Crippen LogP contribution in [0.1, 0.15) is 10.4 Å². The molecule has 128 valence electrons. The number of rotatable bonds is 4. The Kier molecular flexibility index (Phi) is 4.37. The highest BCUT2D eigenvalue weighted by molar-refractivity contribution is 7.08. The molecule has 2 aromatic carbocycles. The maximum absolute atomic E-state index is 12.5. The van der Waals surface area contributed by atoms with E-state index in [0.29, 0.717) is 17.2 Å². The molecule has 0 aliphatic heterocycles. The normalized spacial score (nSPS) is 10.7. The van der Waals surface area contributed by atoms with E-state index in [2.05, 4.69) is 4.98 Å². The number of pyridine rings is 1. The third-order valence-corrected chi connectivity index (χ3v) is 4.76. The average molecular weight is 361 g/mol. The van der Waals surface area contributed by atoms with Crippen molar-refractivity contribution in [1.29, 1.82) is 0 Å². The van der Waals surface area contributed by atoms with Crippen LogP contribution in [-0.4, -0.2) is 18.1 Å². The maximum atomic E-state index is 12.5. The molecule has 0 aliphatic carbocycles. The molecule has 0 aliphatic rings. The van der Waals surface area contributed by atoms with Crippen LogP contribution >= 0.6 is 11.3 Å². The van der Waals surface area contributed by atoms with E-state index in [1.807, 2.05) is 47.2 Å². The molecule has 4 aromatic rings. The summed E-state index contributed by atoms with van der Waals surface area (Å²) in [6, 6.07) is 16.5. The van der Waals surface area contributed by atoms with Crippen molar-refractivity contribution in [2.75, 3.05) is 7.11 Å². The van der Waals surface area contributed by atoms with E-state index in [4.69, 9.17) is 9.47 Å². The van der Waals surface area contributed by atoms with E-state index in [-0.39, 0.29) is 0 Å². The van der Waals surface area contributed by atoms with Gasteiger partial charge < -0.3 is 9.47 Å². The molecule has 4 rings (SSSR count). The molecule has 0 radical (unpaired) electrons. The largest absolute Gasteiger partial charge is 0.481 e. The molecule has 0 saturated carbocycles. The summed E-state index contributed by atoms with van der Waals surface area (Å²) in [6.07, 6.45) is 1.75. The Hall–Kier alpha value is -3.18. The van der Waals surface area contributed by atoms with E-state index in [9.17, 15) is 4.79 Å². The lowest BCUT2D eigenvalue weighted by Gasteiger charge is -2.13. The molecular weight excluding hydrogens is 346 g/mol. The van der Waals surface area contributed by atoms with Crippen molar-refractivity contribution in [3.05, 3.63) is 77.1 Å². The standard InChI is InChI=1S/C21H15NO3S/c1-24-20-16-8-5-9-18(25-21(23)14-6-3-2-4-7-14)19(16)17(12-22-20)15-10-11-26-13-15/h2-13H,1H3. The van der Waals surface area contributed by atoms with Gasteiger partial charge in [0.1, 0.15) is 5.75 Å². The van der Waals surface area contributed by atoms with Crippen molar-refractivity contribution in [2.45, 2.75) is 0 Å². The molecule has 0 fully saturated rings. The molecular formula is C21H15NO3S. The van der Waals surface area contributed by atoms with E-state index < -0.39 is 5.97 Å². The molecule has 2 aromatic heterocycles. The summed E-state index contributed by atoms with van der Waals surface area (Å²) in [7, 11) is 1.58. The summed E-state index contributed by atoms with van der Waals surface area (Å²) in [5, 5.41) is 5.65. The van der Waals surface area contributed by atoms with Gasteiger partial charge in [0.05, 0.1) is 12.7 Å². The molecule has 0 amide bonds.